The molecule has 1 unspecified atom stereocenters. The summed E-state index contributed by atoms with van der Waals surface area (Å²) in [5, 5.41) is 0. The molecule has 1 aliphatic rings. The van der Waals surface area contributed by atoms with Crippen LogP contribution in [0.5, 0.6) is 0 Å². The molecule has 1 saturated heterocycles. The van der Waals surface area contributed by atoms with Crippen LogP contribution in [0.3, 0.4) is 0 Å². The van der Waals surface area contributed by atoms with Crippen LogP contribution < -0.4 is 0 Å². The summed E-state index contributed by atoms with van der Waals surface area (Å²) in [7, 11) is -4.51. The molecule has 21 heavy (non-hydrogen) atoms. The van der Waals surface area contributed by atoms with Crippen LogP contribution in [0.1, 0.15) is 24.5 Å². The maximum absolute atomic E-state index is 12.7. The standard InChI is InChI=1S/C15H20FNO3S/c1-2-12-3-5-13(6-4-12)7-8-17-10-14(9-15(17)18)11-21(16,19)20/h3-6,14H,2,7-11H2,1H3. The molecular formula is C15H20FNO3S. The third-order valence-electron chi connectivity index (χ3n) is 3.83. The van der Waals surface area contributed by atoms with E-state index in [0.717, 1.165) is 18.4 Å². The van der Waals surface area contributed by atoms with Crippen LogP contribution in [0, 0.1) is 5.92 Å². The van der Waals surface area contributed by atoms with Gasteiger partial charge >= 0.3 is 10.2 Å². The highest BCUT2D eigenvalue weighted by Gasteiger charge is 2.32. The number of halogens is 1. The van der Waals surface area contributed by atoms with Crippen molar-refractivity contribution in [3.05, 3.63) is 35.4 Å². The van der Waals surface area contributed by atoms with E-state index < -0.39 is 21.9 Å². The van der Waals surface area contributed by atoms with E-state index in [1.807, 2.05) is 12.1 Å². The summed E-state index contributed by atoms with van der Waals surface area (Å²) in [4.78, 5) is 13.4. The second kappa shape index (κ2) is 6.56. The van der Waals surface area contributed by atoms with E-state index in [1.165, 1.54) is 5.56 Å². The number of carbonyl (C=O) groups is 1. The zero-order valence-electron chi connectivity index (χ0n) is 12.1. The molecule has 1 amide bonds. The summed E-state index contributed by atoms with van der Waals surface area (Å²) < 4.78 is 33.9. The van der Waals surface area contributed by atoms with Crippen LogP contribution in [0.2, 0.25) is 0 Å². The summed E-state index contributed by atoms with van der Waals surface area (Å²) in [6.45, 7) is 2.97. The van der Waals surface area contributed by atoms with Gasteiger partial charge in [0.2, 0.25) is 5.91 Å². The summed E-state index contributed by atoms with van der Waals surface area (Å²) >= 11 is 0. The van der Waals surface area contributed by atoms with Gasteiger partial charge in [-0.25, -0.2) is 0 Å². The zero-order valence-corrected chi connectivity index (χ0v) is 12.9. The molecule has 1 atom stereocenters. The molecule has 4 nitrogen and oxygen atoms in total. The average molecular weight is 313 g/mol. The lowest BCUT2D eigenvalue weighted by atomic mass is 10.1. The van der Waals surface area contributed by atoms with Crippen molar-refractivity contribution in [1.29, 1.82) is 0 Å². The average Bonchev–Trinajstić information content (AvgIpc) is 2.74. The Morgan fingerprint density at radius 2 is 1.86 bits per heavy atom. The van der Waals surface area contributed by atoms with Crippen LogP contribution in [0.25, 0.3) is 0 Å². The van der Waals surface area contributed by atoms with E-state index in [9.17, 15) is 17.1 Å². The first-order chi connectivity index (χ1) is 9.87. The quantitative estimate of drug-likeness (QED) is 0.754. The topological polar surface area (TPSA) is 54.5 Å². The number of rotatable bonds is 6. The third kappa shape index (κ3) is 4.81. The van der Waals surface area contributed by atoms with Crippen molar-refractivity contribution in [2.24, 2.45) is 5.92 Å². The minimum atomic E-state index is -4.51. The predicted octanol–water partition coefficient (Wildman–Crippen LogP) is 1.94. The summed E-state index contributed by atoms with van der Waals surface area (Å²) in [6.07, 6.45) is 1.84. The largest absolute Gasteiger partial charge is 0.342 e. The number of carbonyl (C=O) groups excluding carboxylic acids is 1. The van der Waals surface area contributed by atoms with E-state index in [1.54, 1.807) is 4.90 Å². The van der Waals surface area contributed by atoms with Crippen molar-refractivity contribution in [2.45, 2.75) is 26.2 Å². The Hall–Kier alpha value is -1.43. The molecule has 2 rings (SSSR count). The fraction of sp³-hybridized carbons (Fsp3) is 0.533. The molecule has 0 bridgehead atoms. The van der Waals surface area contributed by atoms with Gasteiger partial charge < -0.3 is 4.90 Å². The molecule has 1 aliphatic heterocycles. The molecule has 116 valence electrons. The summed E-state index contributed by atoms with van der Waals surface area (Å²) in [6, 6.07) is 8.23. The number of hydrogen-bond donors (Lipinski definition) is 0. The Morgan fingerprint density at radius 1 is 1.24 bits per heavy atom. The van der Waals surface area contributed by atoms with Gasteiger partial charge in [0.05, 0.1) is 5.75 Å². The maximum Gasteiger partial charge on any atom is 0.302 e. The molecule has 0 aromatic heterocycles. The molecule has 1 aromatic rings. The molecular weight excluding hydrogens is 293 g/mol. The molecule has 0 N–H and O–H groups in total. The molecule has 1 heterocycles. The molecule has 6 heteroatoms. The lowest BCUT2D eigenvalue weighted by Crippen LogP contribution is -2.28. The first-order valence-corrected chi connectivity index (χ1v) is 8.70. The van der Waals surface area contributed by atoms with Crippen molar-refractivity contribution in [2.75, 3.05) is 18.8 Å². The van der Waals surface area contributed by atoms with Crippen molar-refractivity contribution in [3.63, 3.8) is 0 Å². The second-order valence-corrected chi connectivity index (χ2v) is 6.95. The highest BCUT2D eigenvalue weighted by atomic mass is 32.3. The second-order valence-electron chi connectivity index (χ2n) is 5.54. The number of likely N-dealkylation sites (tertiary alicyclic amines) is 1. The predicted molar refractivity (Wildman–Crippen MR) is 79.1 cm³/mol. The maximum atomic E-state index is 12.7. The van der Waals surface area contributed by atoms with Crippen LogP contribution in [-0.2, 0) is 27.9 Å². The Labute approximate surface area is 125 Å². The van der Waals surface area contributed by atoms with Crippen LogP contribution in [0.15, 0.2) is 24.3 Å². The Balaban J connectivity index is 1.87. The molecule has 0 radical (unpaired) electrons. The molecule has 0 aliphatic carbocycles. The fourth-order valence-corrected chi connectivity index (χ4v) is 3.46. The molecule has 1 aromatic carbocycles. The third-order valence-corrected chi connectivity index (χ3v) is 4.70. The smallest absolute Gasteiger partial charge is 0.302 e. The summed E-state index contributed by atoms with van der Waals surface area (Å²) in [5.41, 5.74) is 2.41. The lowest BCUT2D eigenvalue weighted by molar-refractivity contribution is -0.127. The first-order valence-electron chi connectivity index (χ1n) is 7.15. The van der Waals surface area contributed by atoms with E-state index in [0.29, 0.717) is 13.1 Å². The van der Waals surface area contributed by atoms with Gasteiger partial charge in [-0.15, -0.1) is 3.89 Å². The van der Waals surface area contributed by atoms with Gasteiger partial charge in [0.15, 0.2) is 0 Å². The van der Waals surface area contributed by atoms with E-state index in [-0.39, 0.29) is 12.3 Å². The van der Waals surface area contributed by atoms with Gasteiger partial charge in [-0.05, 0) is 24.0 Å². The number of nitrogens with zero attached hydrogens (tertiary/aromatic N) is 1. The van der Waals surface area contributed by atoms with Gasteiger partial charge in [-0.3, -0.25) is 4.79 Å². The van der Waals surface area contributed by atoms with Crippen LogP contribution in [0.4, 0.5) is 3.89 Å². The molecule has 1 fully saturated rings. The van der Waals surface area contributed by atoms with E-state index >= 15 is 0 Å². The van der Waals surface area contributed by atoms with Crippen molar-refractivity contribution < 1.29 is 17.1 Å². The van der Waals surface area contributed by atoms with E-state index in [4.69, 9.17) is 0 Å². The van der Waals surface area contributed by atoms with Gasteiger partial charge in [-0.1, -0.05) is 31.2 Å². The number of benzene rings is 1. The van der Waals surface area contributed by atoms with Gasteiger partial charge in [-0.2, -0.15) is 8.42 Å². The minimum Gasteiger partial charge on any atom is -0.342 e. The van der Waals surface area contributed by atoms with Crippen LogP contribution in [-0.4, -0.2) is 38.1 Å². The van der Waals surface area contributed by atoms with Crippen molar-refractivity contribution in [3.8, 4) is 0 Å². The van der Waals surface area contributed by atoms with Crippen LogP contribution >= 0.6 is 0 Å². The fourth-order valence-electron chi connectivity index (χ4n) is 2.67. The number of hydrogen-bond acceptors (Lipinski definition) is 3. The highest BCUT2D eigenvalue weighted by molar-refractivity contribution is 7.86. The first kappa shape index (κ1) is 15.9. The van der Waals surface area contributed by atoms with Crippen molar-refractivity contribution in [1.82, 2.24) is 4.90 Å². The SMILES string of the molecule is CCc1ccc(CCN2CC(CS(=O)(=O)F)CC2=O)cc1. The Bertz CT molecular complexity index is 598. The lowest BCUT2D eigenvalue weighted by Gasteiger charge is -2.16. The highest BCUT2D eigenvalue weighted by Crippen LogP contribution is 2.20. The van der Waals surface area contributed by atoms with Gasteiger partial charge in [0.1, 0.15) is 0 Å². The molecule has 0 saturated carbocycles. The monoisotopic (exact) mass is 313 g/mol. The van der Waals surface area contributed by atoms with Gasteiger partial charge in [0, 0.05) is 25.4 Å². The Kier molecular flexibility index (Phi) is 4.98. The van der Waals surface area contributed by atoms with Gasteiger partial charge in [0.25, 0.3) is 0 Å². The zero-order chi connectivity index (χ0) is 15.5. The molecule has 0 spiro atoms. The Morgan fingerprint density at radius 3 is 2.43 bits per heavy atom. The number of amides is 1. The summed E-state index contributed by atoms with van der Waals surface area (Å²) in [5.74, 6) is -1.07. The van der Waals surface area contributed by atoms with Crippen molar-refractivity contribution >= 4 is 16.1 Å². The normalized spacial score (nSPS) is 19.2. The minimum absolute atomic E-state index is 0.0890. The van der Waals surface area contributed by atoms with E-state index in [2.05, 4.69) is 19.1 Å². The number of aryl methyl sites for hydroxylation is 1.